The maximum absolute atomic E-state index is 12.0. The summed E-state index contributed by atoms with van der Waals surface area (Å²) in [5, 5.41) is 9.49. The summed E-state index contributed by atoms with van der Waals surface area (Å²) in [4.78, 5) is 12.0. The molecule has 0 amide bonds. The van der Waals surface area contributed by atoms with Crippen molar-refractivity contribution in [1.29, 1.82) is 0 Å². The molecule has 0 fully saturated rings. The fraction of sp³-hybridized carbons (Fsp3) is 0.788. The van der Waals surface area contributed by atoms with Crippen molar-refractivity contribution in [3.63, 3.8) is 0 Å². The lowest BCUT2D eigenvalue weighted by molar-refractivity contribution is -0.154. The van der Waals surface area contributed by atoms with E-state index in [0.717, 1.165) is 44.9 Å². The van der Waals surface area contributed by atoms with Crippen molar-refractivity contribution in [2.24, 2.45) is 0 Å². The Morgan fingerprint density at radius 2 is 1.19 bits per heavy atom. The van der Waals surface area contributed by atoms with Crippen LogP contribution >= 0.6 is 0 Å². The van der Waals surface area contributed by atoms with Crippen molar-refractivity contribution in [1.82, 2.24) is 0 Å². The molecule has 4 heteroatoms. The molecule has 0 aromatic rings. The standard InChI is InChI=1S/C33H60O4/c1-3-5-7-9-11-13-15-16-17-18-19-21-23-25-27-29-36-31-32(30-34)37-33(35)28-26-24-22-20-14-12-10-8-6-4-2/h8-11,15-16,32,34H,3-7,12-14,17-31H2,1-2H3/b10-8-,11-9-,16-15-. The summed E-state index contributed by atoms with van der Waals surface area (Å²) in [5.41, 5.74) is 0. The van der Waals surface area contributed by atoms with Gasteiger partial charge in [-0.3, -0.25) is 4.79 Å². The van der Waals surface area contributed by atoms with E-state index in [4.69, 9.17) is 9.47 Å². The van der Waals surface area contributed by atoms with Gasteiger partial charge in [0.05, 0.1) is 13.2 Å². The number of ether oxygens (including phenoxy) is 2. The molecular formula is C33H60O4. The van der Waals surface area contributed by atoms with Gasteiger partial charge in [-0.05, 0) is 57.8 Å². The molecule has 0 aromatic carbocycles. The summed E-state index contributed by atoms with van der Waals surface area (Å²) in [6, 6.07) is 0. The summed E-state index contributed by atoms with van der Waals surface area (Å²) >= 11 is 0. The van der Waals surface area contributed by atoms with Crippen LogP contribution in [-0.2, 0) is 14.3 Å². The average Bonchev–Trinajstić information content (AvgIpc) is 2.90. The van der Waals surface area contributed by atoms with E-state index in [1.165, 1.54) is 77.0 Å². The Balaban J connectivity index is 3.49. The number of aliphatic hydroxyl groups excluding tert-OH is 1. The summed E-state index contributed by atoms with van der Waals surface area (Å²) < 4.78 is 11.0. The molecule has 0 spiro atoms. The van der Waals surface area contributed by atoms with Crippen LogP contribution in [0.1, 0.15) is 142 Å². The van der Waals surface area contributed by atoms with Crippen LogP contribution in [0.15, 0.2) is 36.5 Å². The predicted molar refractivity (Wildman–Crippen MR) is 159 cm³/mol. The van der Waals surface area contributed by atoms with E-state index in [-0.39, 0.29) is 19.2 Å². The van der Waals surface area contributed by atoms with E-state index in [9.17, 15) is 9.90 Å². The van der Waals surface area contributed by atoms with E-state index in [0.29, 0.717) is 13.0 Å². The minimum Gasteiger partial charge on any atom is -0.457 e. The van der Waals surface area contributed by atoms with Gasteiger partial charge in [-0.15, -0.1) is 0 Å². The summed E-state index contributed by atoms with van der Waals surface area (Å²) in [5.74, 6) is -0.219. The molecule has 0 saturated heterocycles. The van der Waals surface area contributed by atoms with Crippen molar-refractivity contribution in [2.45, 2.75) is 148 Å². The quantitative estimate of drug-likeness (QED) is 0.0634. The van der Waals surface area contributed by atoms with E-state index in [1.807, 2.05) is 0 Å². The van der Waals surface area contributed by atoms with Gasteiger partial charge in [0.25, 0.3) is 0 Å². The van der Waals surface area contributed by atoms with Crippen LogP contribution in [0.3, 0.4) is 0 Å². The second kappa shape index (κ2) is 30.8. The van der Waals surface area contributed by atoms with Gasteiger partial charge in [0.1, 0.15) is 6.10 Å². The molecule has 0 aliphatic heterocycles. The lowest BCUT2D eigenvalue weighted by Gasteiger charge is -2.15. The van der Waals surface area contributed by atoms with Gasteiger partial charge in [0.15, 0.2) is 0 Å². The van der Waals surface area contributed by atoms with Crippen LogP contribution < -0.4 is 0 Å². The SMILES string of the molecule is CCC/C=C\CCCCCCCC(=O)OC(CO)COCCCCCCCC/C=C\C/C=C\CCCC. The number of aliphatic hydroxyl groups is 1. The molecule has 4 nitrogen and oxygen atoms in total. The second-order valence-electron chi connectivity index (χ2n) is 10.2. The number of rotatable bonds is 28. The summed E-state index contributed by atoms with van der Waals surface area (Å²) in [6.45, 7) is 5.20. The molecule has 1 unspecified atom stereocenters. The minimum atomic E-state index is -0.540. The Bertz CT molecular complexity index is 553. The highest BCUT2D eigenvalue weighted by molar-refractivity contribution is 5.69. The summed E-state index contributed by atoms with van der Waals surface area (Å²) in [6.07, 6.45) is 36.0. The van der Waals surface area contributed by atoms with Crippen molar-refractivity contribution in [2.75, 3.05) is 19.8 Å². The van der Waals surface area contributed by atoms with Crippen LogP contribution in [0.2, 0.25) is 0 Å². The zero-order chi connectivity index (χ0) is 27.1. The van der Waals surface area contributed by atoms with Gasteiger partial charge in [-0.25, -0.2) is 0 Å². The fourth-order valence-electron chi connectivity index (χ4n) is 4.05. The molecule has 0 bridgehead atoms. The van der Waals surface area contributed by atoms with E-state index < -0.39 is 6.10 Å². The molecular weight excluding hydrogens is 460 g/mol. The lowest BCUT2D eigenvalue weighted by atomic mass is 10.1. The molecule has 0 aromatic heterocycles. The van der Waals surface area contributed by atoms with Crippen LogP contribution in [0.5, 0.6) is 0 Å². The van der Waals surface area contributed by atoms with Crippen molar-refractivity contribution in [3.05, 3.63) is 36.5 Å². The Morgan fingerprint density at radius 3 is 1.81 bits per heavy atom. The zero-order valence-electron chi connectivity index (χ0n) is 24.5. The number of hydrogen-bond donors (Lipinski definition) is 1. The fourth-order valence-corrected chi connectivity index (χ4v) is 4.05. The first kappa shape index (κ1) is 35.6. The number of carbonyl (C=O) groups excluding carboxylic acids is 1. The Kier molecular flexibility index (Phi) is 29.7. The van der Waals surface area contributed by atoms with Gasteiger partial charge in [0, 0.05) is 13.0 Å². The monoisotopic (exact) mass is 520 g/mol. The molecule has 0 heterocycles. The number of carbonyl (C=O) groups is 1. The van der Waals surface area contributed by atoms with Gasteiger partial charge >= 0.3 is 5.97 Å². The number of esters is 1. The molecule has 0 rings (SSSR count). The molecule has 0 aliphatic rings. The summed E-state index contributed by atoms with van der Waals surface area (Å²) in [7, 11) is 0. The zero-order valence-corrected chi connectivity index (χ0v) is 24.5. The van der Waals surface area contributed by atoms with Crippen molar-refractivity contribution in [3.8, 4) is 0 Å². The molecule has 0 saturated carbocycles. The molecule has 0 radical (unpaired) electrons. The number of unbranched alkanes of at least 4 members (excludes halogenated alkanes) is 14. The molecule has 37 heavy (non-hydrogen) atoms. The van der Waals surface area contributed by atoms with Crippen LogP contribution in [0.4, 0.5) is 0 Å². The normalized spacial score (nSPS) is 12.8. The molecule has 1 atom stereocenters. The first-order valence-corrected chi connectivity index (χ1v) is 15.6. The third-order valence-corrected chi connectivity index (χ3v) is 6.42. The lowest BCUT2D eigenvalue weighted by Crippen LogP contribution is -2.27. The first-order chi connectivity index (χ1) is 18.2. The van der Waals surface area contributed by atoms with E-state index >= 15 is 0 Å². The Morgan fingerprint density at radius 1 is 0.649 bits per heavy atom. The smallest absolute Gasteiger partial charge is 0.306 e. The van der Waals surface area contributed by atoms with Crippen molar-refractivity contribution >= 4 is 5.97 Å². The van der Waals surface area contributed by atoms with Crippen LogP contribution in [-0.4, -0.2) is 37.0 Å². The number of allylic oxidation sites excluding steroid dienone is 6. The largest absolute Gasteiger partial charge is 0.457 e. The molecule has 216 valence electrons. The Hall–Kier alpha value is -1.39. The predicted octanol–water partition coefficient (Wildman–Crippen LogP) is 9.42. The van der Waals surface area contributed by atoms with Gasteiger partial charge in [-0.2, -0.15) is 0 Å². The maximum Gasteiger partial charge on any atom is 0.306 e. The minimum absolute atomic E-state index is 0.180. The third kappa shape index (κ3) is 29.0. The highest BCUT2D eigenvalue weighted by atomic mass is 16.6. The maximum atomic E-state index is 12.0. The highest BCUT2D eigenvalue weighted by Gasteiger charge is 2.13. The van der Waals surface area contributed by atoms with Gasteiger partial charge < -0.3 is 14.6 Å². The van der Waals surface area contributed by atoms with E-state index in [1.54, 1.807) is 0 Å². The van der Waals surface area contributed by atoms with E-state index in [2.05, 4.69) is 50.3 Å². The Labute approximate surface area is 230 Å². The second-order valence-corrected chi connectivity index (χ2v) is 10.2. The van der Waals surface area contributed by atoms with Gasteiger partial charge in [-0.1, -0.05) is 115 Å². The first-order valence-electron chi connectivity index (χ1n) is 15.6. The topological polar surface area (TPSA) is 55.8 Å². The molecule has 0 aliphatic carbocycles. The highest BCUT2D eigenvalue weighted by Crippen LogP contribution is 2.10. The number of hydrogen-bond acceptors (Lipinski definition) is 4. The van der Waals surface area contributed by atoms with Crippen molar-refractivity contribution < 1.29 is 19.4 Å². The van der Waals surface area contributed by atoms with Crippen LogP contribution in [0, 0.1) is 0 Å². The van der Waals surface area contributed by atoms with Crippen LogP contribution in [0.25, 0.3) is 0 Å². The van der Waals surface area contributed by atoms with Gasteiger partial charge in [0.2, 0.25) is 0 Å². The average molecular weight is 521 g/mol. The third-order valence-electron chi connectivity index (χ3n) is 6.42. The molecule has 1 N–H and O–H groups in total.